The van der Waals surface area contributed by atoms with Crippen LogP contribution in [-0.4, -0.2) is 4.98 Å². The van der Waals surface area contributed by atoms with Crippen molar-refractivity contribution in [3.05, 3.63) is 29.6 Å². The fraction of sp³-hybridized carbons (Fsp3) is 0.615. The molecule has 0 amide bonds. The van der Waals surface area contributed by atoms with Crippen molar-refractivity contribution in [3.8, 4) is 0 Å². The zero-order chi connectivity index (χ0) is 11.5. The number of pyridine rings is 1. The molecule has 1 aromatic heterocycles. The van der Waals surface area contributed by atoms with Crippen molar-refractivity contribution in [1.29, 1.82) is 0 Å². The molecule has 0 spiro atoms. The molecule has 1 atom stereocenters. The van der Waals surface area contributed by atoms with Crippen LogP contribution in [0.2, 0.25) is 0 Å². The van der Waals surface area contributed by atoms with E-state index in [-0.39, 0.29) is 6.04 Å². The van der Waals surface area contributed by atoms with Gasteiger partial charge in [0.2, 0.25) is 0 Å². The van der Waals surface area contributed by atoms with Crippen LogP contribution in [0.15, 0.2) is 18.3 Å². The van der Waals surface area contributed by atoms with Crippen molar-refractivity contribution in [1.82, 2.24) is 4.98 Å². The largest absolute Gasteiger partial charge is 0.324 e. The molecule has 0 saturated carbocycles. The van der Waals surface area contributed by atoms with E-state index in [9.17, 15) is 0 Å². The minimum absolute atomic E-state index is 0.123. The summed E-state index contributed by atoms with van der Waals surface area (Å²) in [4.78, 5) is 4.26. The molecule has 84 valence electrons. The number of rotatable bonds is 3. The number of nitrogens with zero attached hydrogens (tertiary/aromatic N) is 1. The van der Waals surface area contributed by atoms with E-state index < -0.39 is 0 Å². The van der Waals surface area contributed by atoms with Crippen LogP contribution in [0.3, 0.4) is 0 Å². The predicted molar refractivity (Wildman–Crippen MR) is 64.6 cm³/mol. The Hall–Kier alpha value is -0.890. The Bertz CT molecular complexity index is 313. The zero-order valence-electron chi connectivity index (χ0n) is 10.2. The molecular weight excluding hydrogens is 184 g/mol. The number of aromatic nitrogens is 1. The van der Waals surface area contributed by atoms with Gasteiger partial charge in [-0.3, -0.25) is 4.98 Å². The van der Waals surface area contributed by atoms with Crippen LogP contribution >= 0.6 is 0 Å². The lowest BCUT2D eigenvalue weighted by Crippen LogP contribution is -2.16. The van der Waals surface area contributed by atoms with Gasteiger partial charge in [0.05, 0.1) is 0 Å². The third kappa shape index (κ3) is 4.00. The van der Waals surface area contributed by atoms with E-state index in [1.807, 2.05) is 19.2 Å². The smallest absolute Gasteiger partial charge is 0.0420 e. The Labute approximate surface area is 92.9 Å². The highest BCUT2D eigenvalue weighted by atomic mass is 14.7. The Morgan fingerprint density at radius 2 is 2.07 bits per heavy atom. The summed E-state index contributed by atoms with van der Waals surface area (Å²) in [6.45, 7) is 8.76. The van der Waals surface area contributed by atoms with Gasteiger partial charge < -0.3 is 5.73 Å². The van der Waals surface area contributed by atoms with Crippen LogP contribution in [0.25, 0.3) is 0 Å². The molecule has 2 nitrogen and oxygen atoms in total. The summed E-state index contributed by atoms with van der Waals surface area (Å²) >= 11 is 0. The minimum atomic E-state index is 0.123. The van der Waals surface area contributed by atoms with Gasteiger partial charge in [0.25, 0.3) is 0 Å². The number of aryl methyl sites for hydroxylation is 1. The zero-order valence-corrected chi connectivity index (χ0v) is 10.2. The van der Waals surface area contributed by atoms with Gasteiger partial charge in [0.1, 0.15) is 0 Å². The standard InChI is InChI=1S/C13H22N2/c1-10-11(6-5-9-15-10)12(14)7-8-13(2,3)4/h5-6,9,12H,7-8,14H2,1-4H3. The molecule has 0 aromatic carbocycles. The van der Waals surface area contributed by atoms with Gasteiger partial charge in [-0.25, -0.2) is 0 Å². The molecule has 0 radical (unpaired) electrons. The first-order valence-electron chi connectivity index (χ1n) is 5.57. The van der Waals surface area contributed by atoms with Gasteiger partial charge in [-0.2, -0.15) is 0 Å². The van der Waals surface area contributed by atoms with Gasteiger partial charge in [0, 0.05) is 17.9 Å². The molecule has 2 heteroatoms. The first-order valence-corrected chi connectivity index (χ1v) is 5.57. The van der Waals surface area contributed by atoms with E-state index in [0.29, 0.717) is 5.41 Å². The number of hydrogen-bond donors (Lipinski definition) is 1. The molecule has 1 heterocycles. The molecule has 0 fully saturated rings. The summed E-state index contributed by atoms with van der Waals surface area (Å²) < 4.78 is 0. The highest BCUT2D eigenvalue weighted by Crippen LogP contribution is 2.26. The second-order valence-electron chi connectivity index (χ2n) is 5.38. The highest BCUT2D eigenvalue weighted by Gasteiger charge is 2.15. The van der Waals surface area contributed by atoms with Crippen LogP contribution in [-0.2, 0) is 0 Å². The molecule has 1 rings (SSSR count). The van der Waals surface area contributed by atoms with E-state index in [4.69, 9.17) is 5.73 Å². The fourth-order valence-corrected chi connectivity index (χ4v) is 1.63. The van der Waals surface area contributed by atoms with Crippen LogP contribution < -0.4 is 5.73 Å². The lowest BCUT2D eigenvalue weighted by molar-refractivity contribution is 0.349. The van der Waals surface area contributed by atoms with E-state index in [1.54, 1.807) is 0 Å². The summed E-state index contributed by atoms with van der Waals surface area (Å²) in [6.07, 6.45) is 3.98. The van der Waals surface area contributed by atoms with Gasteiger partial charge in [-0.05, 0) is 36.8 Å². The van der Waals surface area contributed by atoms with E-state index in [0.717, 1.165) is 18.5 Å². The Morgan fingerprint density at radius 1 is 1.40 bits per heavy atom. The van der Waals surface area contributed by atoms with Crippen molar-refractivity contribution < 1.29 is 0 Å². The molecule has 1 aromatic rings. The van der Waals surface area contributed by atoms with Gasteiger partial charge in [0.15, 0.2) is 0 Å². The van der Waals surface area contributed by atoms with E-state index in [2.05, 4.69) is 31.8 Å². The summed E-state index contributed by atoms with van der Waals surface area (Å²) in [5, 5.41) is 0. The van der Waals surface area contributed by atoms with Crippen molar-refractivity contribution in [2.24, 2.45) is 11.1 Å². The molecular formula is C13H22N2. The molecule has 15 heavy (non-hydrogen) atoms. The Balaban J connectivity index is 2.62. The first kappa shape index (κ1) is 12.2. The number of hydrogen-bond acceptors (Lipinski definition) is 2. The fourth-order valence-electron chi connectivity index (χ4n) is 1.63. The maximum Gasteiger partial charge on any atom is 0.0420 e. The second kappa shape index (κ2) is 4.75. The third-order valence-corrected chi connectivity index (χ3v) is 2.65. The number of nitrogens with two attached hydrogens (primary N) is 1. The van der Waals surface area contributed by atoms with Crippen molar-refractivity contribution in [3.63, 3.8) is 0 Å². The lowest BCUT2D eigenvalue weighted by atomic mass is 9.87. The van der Waals surface area contributed by atoms with Crippen LogP contribution in [0.5, 0.6) is 0 Å². The molecule has 0 aliphatic heterocycles. The molecule has 0 bridgehead atoms. The average molecular weight is 206 g/mol. The minimum Gasteiger partial charge on any atom is -0.324 e. The van der Waals surface area contributed by atoms with E-state index >= 15 is 0 Å². The second-order valence-corrected chi connectivity index (χ2v) is 5.38. The summed E-state index contributed by atoms with van der Waals surface area (Å²) in [5.41, 5.74) is 8.75. The maximum absolute atomic E-state index is 6.16. The van der Waals surface area contributed by atoms with Crippen LogP contribution in [0.4, 0.5) is 0 Å². The normalized spacial score (nSPS) is 13.9. The quantitative estimate of drug-likeness (QED) is 0.824. The first-order chi connectivity index (χ1) is 6.90. The van der Waals surface area contributed by atoms with Gasteiger partial charge in [-0.15, -0.1) is 0 Å². The molecule has 0 aliphatic rings. The maximum atomic E-state index is 6.16. The molecule has 2 N–H and O–H groups in total. The van der Waals surface area contributed by atoms with Gasteiger partial charge >= 0.3 is 0 Å². The van der Waals surface area contributed by atoms with Crippen molar-refractivity contribution >= 4 is 0 Å². The molecule has 1 unspecified atom stereocenters. The van der Waals surface area contributed by atoms with Crippen molar-refractivity contribution in [2.45, 2.75) is 46.6 Å². The third-order valence-electron chi connectivity index (χ3n) is 2.65. The van der Waals surface area contributed by atoms with Crippen molar-refractivity contribution in [2.75, 3.05) is 0 Å². The highest BCUT2D eigenvalue weighted by molar-refractivity contribution is 5.21. The topological polar surface area (TPSA) is 38.9 Å². The SMILES string of the molecule is Cc1ncccc1C(N)CCC(C)(C)C. The summed E-state index contributed by atoms with van der Waals surface area (Å²) in [5.74, 6) is 0. The Kier molecular flexibility index (Phi) is 3.86. The van der Waals surface area contributed by atoms with Crippen LogP contribution in [0.1, 0.15) is 50.9 Å². The average Bonchev–Trinajstić information content (AvgIpc) is 2.14. The summed E-state index contributed by atoms with van der Waals surface area (Å²) in [6, 6.07) is 4.16. The summed E-state index contributed by atoms with van der Waals surface area (Å²) in [7, 11) is 0. The lowest BCUT2D eigenvalue weighted by Gasteiger charge is -2.21. The van der Waals surface area contributed by atoms with Crippen LogP contribution in [0, 0.1) is 12.3 Å². The molecule has 0 aliphatic carbocycles. The molecule has 0 saturated heterocycles. The van der Waals surface area contributed by atoms with E-state index in [1.165, 1.54) is 5.56 Å². The monoisotopic (exact) mass is 206 g/mol. The predicted octanol–water partition coefficient (Wildman–Crippen LogP) is 3.22. The van der Waals surface area contributed by atoms with Gasteiger partial charge in [-0.1, -0.05) is 26.8 Å². The Morgan fingerprint density at radius 3 is 2.60 bits per heavy atom.